The molecule has 0 saturated heterocycles. The van der Waals surface area contributed by atoms with Gasteiger partial charge in [-0.25, -0.2) is 4.98 Å². The summed E-state index contributed by atoms with van der Waals surface area (Å²) in [4.78, 5) is 15.7. The zero-order valence-corrected chi connectivity index (χ0v) is 11.0. The van der Waals surface area contributed by atoms with E-state index in [4.69, 9.17) is 4.74 Å². The van der Waals surface area contributed by atoms with Crippen LogP contribution in [0.1, 0.15) is 24.2 Å². The van der Waals surface area contributed by atoms with E-state index in [-0.39, 0.29) is 12.0 Å². The average molecular weight is 287 g/mol. The highest BCUT2D eigenvalue weighted by molar-refractivity contribution is 9.10. The molecule has 1 amide bonds. The molecule has 0 aromatic carbocycles. The largest absolute Gasteiger partial charge is 0.377 e. The molecule has 0 aliphatic heterocycles. The molecule has 0 atom stereocenters. The van der Waals surface area contributed by atoms with E-state index >= 15 is 0 Å². The van der Waals surface area contributed by atoms with Gasteiger partial charge in [-0.15, -0.1) is 0 Å². The zero-order valence-electron chi connectivity index (χ0n) is 9.37. The standard InChI is InChI=1S/C11H15BrN2O2/c1-8(2)16-7-6-14-11(15)9-4-3-5-13-10(9)12/h3-5,8H,6-7H2,1-2H3,(H,14,15). The van der Waals surface area contributed by atoms with Gasteiger partial charge in [0.05, 0.1) is 18.3 Å². The van der Waals surface area contributed by atoms with Crippen LogP contribution < -0.4 is 5.32 Å². The van der Waals surface area contributed by atoms with Gasteiger partial charge in [-0.1, -0.05) is 0 Å². The number of carbonyl (C=O) groups excluding carboxylic acids is 1. The van der Waals surface area contributed by atoms with Crippen LogP contribution in [0.5, 0.6) is 0 Å². The van der Waals surface area contributed by atoms with Crippen LogP contribution in [0.4, 0.5) is 0 Å². The molecule has 5 heteroatoms. The number of amides is 1. The number of aromatic nitrogens is 1. The Kier molecular flexibility index (Phi) is 5.42. The number of carbonyl (C=O) groups is 1. The summed E-state index contributed by atoms with van der Waals surface area (Å²) in [5, 5.41) is 2.76. The summed E-state index contributed by atoms with van der Waals surface area (Å²) in [7, 11) is 0. The average Bonchev–Trinajstić information content (AvgIpc) is 2.24. The molecular formula is C11H15BrN2O2. The highest BCUT2D eigenvalue weighted by atomic mass is 79.9. The summed E-state index contributed by atoms with van der Waals surface area (Å²) >= 11 is 3.23. The number of halogens is 1. The summed E-state index contributed by atoms with van der Waals surface area (Å²) < 4.78 is 5.87. The third kappa shape index (κ3) is 4.28. The molecule has 1 N–H and O–H groups in total. The molecule has 1 aromatic rings. The van der Waals surface area contributed by atoms with E-state index in [0.29, 0.717) is 23.3 Å². The van der Waals surface area contributed by atoms with Gasteiger partial charge < -0.3 is 10.1 Å². The summed E-state index contributed by atoms with van der Waals surface area (Å²) in [5.41, 5.74) is 0.534. The number of rotatable bonds is 5. The first kappa shape index (κ1) is 13.1. The van der Waals surface area contributed by atoms with Crippen LogP contribution in [0.15, 0.2) is 22.9 Å². The van der Waals surface area contributed by atoms with Gasteiger partial charge in [0.1, 0.15) is 4.60 Å². The van der Waals surface area contributed by atoms with Crippen LogP contribution in [0.25, 0.3) is 0 Å². The Morgan fingerprint density at radius 3 is 3.00 bits per heavy atom. The number of nitrogens with one attached hydrogen (secondary N) is 1. The van der Waals surface area contributed by atoms with E-state index in [1.807, 2.05) is 13.8 Å². The summed E-state index contributed by atoms with van der Waals surface area (Å²) in [6.45, 7) is 4.93. The molecule has 0 fully saturated rings. The predicted octanol–water partition coefficient (Wildman–Crippen LogP) is 2.00. The minimum atomic E-state index is -0.146. The minimum absolute atomic E-state index is 0.146. The highest BCUT2D eigenvalue weighted by Crippen LogP contribution is 2.11. The monoisotopic (exact) mass is 286 g/mol. The third-order valence-electron chi connectivity index (χ3n) is 1.84. The lowest BCUT2D eigenvalue weighted by Crippen LogP contribution is -2.28. The Hall–Kier alpha value is -0.940. The van der Waals surface area contributed by atoms with Crippen molar-refractivity contribution in [2.75, 3.05) is 13.2 Å². The molecule has 0 spiro atoms. The van der Waals surface area contributed by atoms with Crippen molar-refractivity contribution in [3.05, 3.63) is 28.5 Å². The predicted molar refractivity (Wildman–Crippen MR) is 65.4 cm³/mol. The van der Waals surface area contributed by atoms with Crippen molar-refractivity contribution in [2.24, 2.45) is 0 Å². The molecule has 4 nitrogen and oxygen atoms in total. The van der Waals surface area contributed by atoms with Crippen LogP contribution in [0.2, 0.25) is 0 Å². The van der Waals surface area contributed by atoms with Gasteiger partial charge in [-0.2, -0.15) is 0 Å². The third-order valence-corrected chi connectivity index (χ3v) is 2.47. The first-order valence-electron chi connectivity index (χ1n) is 5.11. The second-order valence-corrected chi connectivity index (χ2v) is 4.27. The lowest BCUT2D eigenvalue weighted by molar-refractivity contribution is 0.0746. The van der Waals surface area contributed by atoms with Crippen LogP contribution in [0.3, 0.4) is 0 Å². The van der Waals surface area contributed by atoms with Gasteiger partial charge >= 0.3 is 0 Å². The van der Waals surface area contributed by atoms with E-state index in [1.165, 1.54) is 0 Å². The van der Waals surface area contributed by atoms with E-state index < -0.39 is 0 Å². The Bertz CT molecular complexity index is 356. The van der Waals surface area contributed by atoms with Crippen LogP contribution in [-0.4, -0.2) is 30.1 Å². The number of hydrogen-bond acceptors (Lipinski definition) is 3. The molecule has 0 radical (unpaired) electrons. The van der Waals surface area contributed by atoms with Gasteiger partial charge in [0.25, 0.3) is 5.91 Å². The molecule has 0 bridgehead atoms. The van der Waals surface area contributed by atoms with Gasteiger partial charge in [0, 0.05) is 12.7 Å². The number of hydrogen-bond donors (Lipinski definition) is 1. The fourth-order valence-electron chi connectivity index (χ4n) is 1.11. The topological polar surface area (TPSA) is 51.2 Å². The lowest BCUT2D eigenvalue weighted by atomic mass is 10.3. The van der Waals surface area contributed by atoms with E-state index in [9.17, 15) is 4.79 Å². The smallest absolute Gasteiger partial charge is 0.254 e. The van der Waals surface area contributed by atoms with Crippen LogP contribution >= 0.6 is 15.9 Å². The summed E-state index contributed by atoms with van der Waals surface area (Å²) in [6.07, 6.45) is 1.81. The van der Waals surface area contributed by atoms with Crippen molar-refractivity contribution in [3.8, 4) is 0 Å². The first-order chi connectivity index (χ1) is 7.61. The molecule has 1 aromatic heterocycles. The van der Waals surface area contributed by atoms with Gasteiger partial charge in [-0.3, -0.25) is 4.79 Å². The summed E-state index contributed by atoms with van der Waals surface area (Å²) in [5.74, 6) is -0.146. The van der Waals surface area contributed by atoms with Crippen molar-refractivity contribution in [3.63, 3.8) is 0 Å². The molecule has 1 heterocycles. The van der Waals surface area contributed by atoms with Gasteiger partial charge in [0.15, 0.2) is 0 Å². The van der Waals surface area contributed by atoms with Gasteiger partial charge in [-0.05, 0) is 41.9 Å². The van der Waals surface area contributed by atoms with Crippen molar-refractivity contribution in [1.82, 2.24) is 10.3 Å². The summed E-state index contributed by atoms with van der Waals surface area (Å²) in [6, 6.07) is 3.44. The lowest BCUT2D eigenvalue weighted by Gasteiger charge is -2.09. The number of pyridine rings is 1. The van der Waals surface area contributed by atoms with E-state index in [0.717, 1.165) is 0 Å². The van der Waals surface area contributed by atoms with Crippen molar-refractivity contribution >= 4 is 21.8 Å². The van der Waals surface area contributed by atoms with Crippen molar-refractivity contribution < 1.29 is 9.53 Å². The van der Waals surface area contributed by atoms with Crippen LogP contribution in [0, 0.1) is 0 Å². The first-order valence-corrected chi connectivity index (χ1v) is 5.91. The molecule has 0 aliphatic rings. The normalized spacial score (nSPS) is 10.5. The molecular weight excluding hydrogens is 272 g/mol. The molecule has 16 heavy (non-hydrogen) atoms. The molecule has 0 unspecified atom stereocenters. The van der Waals surface area contributed by atoms with E-state index in [2.05, 4.69) is 26.2 Å². The highest BCUT2D eigenvalue weighted by Gasteiger charge is 2.09. The maximum atomic E-state index is 11.7. The quantitative estimate of drug-likeness (QED) is 0.665. The molecule has 88 valence electrons. The minimum Gasteiger partial charge on any atom is -0.377 e. The van der Waals surface area contributed by atoms with Crippen molar-refractivity contribution in [2.45, 2.75) is 20.0 Å². The SMILES string of the molecule is CC(C)OCCNC(=O)c1cccnc1Br. The fourth-order valence-corrected chi connectivity index (χ4v) is 1.54. The number of nitrogens with zero attached hydrogens (tertiary/aromatic N) is 1. The van der Waals surface area contributed by atoms with Gasteiger partial charge in [0.2, 0.25) is 0 Å². The Morgan fingerprint density at radius 1 is 1.62 bits per heavy atom. The second kappa shape index (κ2) is 6.60. The van der Waals surface area contributed by atoms with Crippen molar-refractivity contribution in [1.29, 1.82) is 0 Å². The second-order valence-electron chi connectivity index (χ2n) is 3.52. The Morgan fingerprint density at radius 2 is 2.38 bits per heavy atom. The molecule has 1 rings (SSSR count). The van der Waals surface area contributed by atoms with E-state index in [1.54, 1.807) is 18.3 Å². The number of ether oxygens (including phenoxy) is 1. The zero-order chi connectivity index (χ0) is 12.0. The maximum absolute atomic E-state index is 11.7. The Labute approximate surface area is 104 Å². The molecule has 0 saturated carbocycles. The maximum Gasteiger partial charge on any atom is 0.254 e. The fraction of sp³-hybridized carbons (Fsp3) is 0.455. The van der Waals surface area contributed by atoms with Crippen LogP contribution in [-0.2, 0) is 4.74 Å². The Balaban J connectivity index is 2.39. The molecule has 0 aliphatic carbocycles.